The van der Waals surface area contributed by atoms with Crippen LogP contribution < -0.4 is 51.4 Å². The standard InChI is InChI=1S/C5H12.C2H5.CH4.K/c1-3-5-4-2;1-2;;/h3-5H2,1-2H3;1H2,2H3;1H4;/q;-1;;+1. The van der Waals surface area contributed by atoms with Crippen LogP contribution in [0.2, 0.25) is 0 Å². The van der Waals surface area contributed by atoms with Crippen molar-refractivity contribution in [3.05, 3.63) is 6.92 Å². The van der Waals surface area contributed by atoms with Crippen LogP contribution in [0.25, 0.3) is 0 Å². The molecular weight excluding hydrogens is 135 g/mol. The van der Waals surface area contributed by atoms with Crippen molar-refractivity contribution in [2.24, 2.45) is 0 Å². The normalized spacial score (nSPS) is 5.33. The third kappa shape index (κ3) is 42.5. The molecule has 0 bridgehead atoms. The van der Waals surface area contributed by atoms with E-state index >= 15 is 0 Å². The Balaban J connectivity index is -0.0000000286. The molecule has 0 saturated heterocycles. The van der Waals surface area contributed by atoms with Crippen molar-refractivity contribution in [2.45, 2.75) is 47.5 Å². The minimum absolute atomic E-state index is 0. The largest absolute Gasteiger partial charge is 1.00 e. The third-order valence-electron chi connectivity index (χ3n) is 0.707. The van der Waals surface area contributed by atoms with Crippen molar-refractivity contribution in [3.63, 3.8) is 0 Å². The van der Waals surface area contributed by atoms with Gasteiger partial charge in [-0.2, -0.15) is 6.92 Å². The van der Waals surface area contributed by atoms with Gasteiger partial charge in [0.25, 0.3) is 0 Å². The fraction of sp³-hybridized carbons (Fsp3) is 0.875. The van der Waals surface area contributed by atoms with Gasteiger partial charge in [-0.25, -0.2) is 0 Å². The van der Waals surface area contributed by atoms with Crippen molar-refractivity contribution in [3.8, 4) is 0 Å². The summed E-state index contributed by atoms with van der Waals surface area (Å²) in [6.45, 7) is 9.42. The Morgan fingerprint density at radius 2 is 1.22 bits per heavy atom. The Morgan fingerprint density at radius 1 is 1.00 bits per heavy atom. The van der Waals surface area contributed by atoms with Gasteiger partial charge in [0.2, 0.25) is 0 Å². The SMILES string of the molecule is C.CCCCC.[CH2-]C.[K+]. The van der Waals surface area contributed by atoms with Crippen LogP contribution in [0.3, 0.4) is 0 Å². The molecule has 0 nitrogen and oxygen atoms in total. The van der Waals surface area contributed by atoms with E-state index in [0.29, 0.717) is 0 Å². The molecule has 0 N–H and O–H groups in total. The molecule has 0 aromatic rings. The minimum atomic E-state index is 0. The second-order valence-electron chi connectivity index (χ2n) is 1.35. The van der Waals surface area contributed by atoms with E-state index in [-0.39, 0.29) is 58.8 Å². The van der Waals surface area contributed by atoms with Gasteiger partial charge >= 0.3 is 51.4 Å². The first-order valence-corrected chi connectivity index (χ1v) is 3.12. The molecular formula is C8H21K. The molecule has 1 heteroatoms. The topological polar surface area (TPSA) is 0 Å². The van der Waals surface area contributed by atoms with Crippen LogP contribution in [-0.4, -0.2) is 0 Å². The predicted molar refractivity (Wildman–Crippen MR) is 43.0 cm³/mol. The van der Waals surface area contributed by atoms with Crippen molar-refractivity contribution in [1.82, 2.24) is 0 Å². The number of rotatable bonds is 2. The molecule has 0 rings (SSSR count). The first kappa shape index (κ1) is 22.4. The molecule has 0 radical (unpaired) electrons. The van der Waals surface area contributed by atoms with Crippen LogP contribution in [-0.2, 0) is 0 Å². The maximum atomic E-state index is 3.25. The van der Waals surface area contributed by atoms with Gasteiger partial charge in [-0.05, 0) is 0 Å². The van der Waals surface area contributed by atoms with Crippen LogP contribution in [0, 0.1) is 6.92 Å². The molecule has 0 heterocycles. The zero-order chi connectivity index (χ0) is 6.12. The van der Waals surface area contributed by atoms with Crippen LogP contribution >= 0.6 is 0 Å². The molecule has 54 valence electrons. The molecule has 0 atom stereocenters. The van der Waals surface area contributed by atoms with Crippen LogP contribution in [0.1, 0.15) is 47.5 Å². The summed E-state index contributed by atoms with van der Waals surface area (Å²) in [6.07, 6.45) is 4.08. The van der Waals surface area contributed by atoms with Gasteiger partial charge in [0.05, 0.1) is 0 Å². The van der Waals surface area contributed by atoms with E-state index in [0.717, 1.165) is 0 Å². The maximum Gasteiger partial charge on any atom is 1.00 e. The Hall–Kier alpha value is 1.64. The molecule has 0 saturated carbocycles. The molecule has 0 fully saturated rings. The van der Waals surface area contributed by atoms with Gasteiger partial charge in [0.1, 0.15) is 0 Å². The molecule has 0 unspecified atom stereocenters. The molecule has 0 aromatic carbocycles. The molecule has 0 aliphatic heterocycles. The number of hydrogen-bond donors (Lipinski definition) is 0. The van der Waals surface area contributed by atoms with E-state index in [1.165, 1.54) is 19.3 Å². The van der Waals surface area contributed by atoms with E-state index in [2.05, 4.69) is 20.8 Å². The first-order valence-electron chi connectivity index (χ1n) is 3.12. The van der Waals surface area contributed by atoms with Gasteiger partial charge in [-0.15, -0.1) is 0 Å². The maximum absolute atomic E-state index is 3.25. The van der Waals surface area contributed by atoms with Crippen molar-refractivity contribution < 1.29 is 51.4 Å². The smallest absolute Gasteiger partial charge is 0.346 e. The molecule has 9 heavy (non-hydrogen) atoms. The Labute approximate surface area is 104 Å². The average Bonchev–Trinajstić information content (AvgIpc) is 1.75. The molecule has 0 aliphatic carbocycles. The summed E-state index contributed by atoms with van der Waals surface area (Å²) in [4.78, 5) is 0. The average molecular weight is 156 g/mol. The van der Waals surface area contributed by atoms with Gasteiger partial charge < -0.3 is 6.92 Å². The molecule has 0 aliphatic rings. The molecule has 0 amide bonds. The van der Waals surface area contributed by atoms with E-state index < -0.39 is 0 Å². The Morgan fingerprint density at radius 3 is 1.22 bits per heavy atom. The Bertz CT molecular complexity index is 12.0. The summed E-state index contributed by atoms with van der Waals surface area (Å²) >= 11 is 0. The second kappa shape index (κ2) is 33.4. The zero-order valence-electron chi connectivity index (χ0n) is 6.83. The zero-order valence-corrected chi connectivity index (χ0v) is 9.95. The van der Waals surface area contributed by atoms with Crippen molar-refractivity contribution >= 4 is 0 Å². The first-order chi connectivity index (χ1) is 3.41. The second-order valence-corrected chi connectivity index (χ2v) is 1.35. The van der Waals surface area contributed by atoms with Crippen LogP contribution in [0.4, 0.5) is 0 Å². The summed E-state index contributed by atoms with van der Waals surface area (Å²) in [5.74, 6) is 0. The molecule has 0 spiro atoms. The van der Waals surface area contributed by atoms with E-state index in [4.69, 9.17) is 0 Å². The fourth-order valence-electron chi connectivity index (χ4n) is 0.354. The van der Waals surface area contributed by atoms with E-state index in [1.54, 1.807) is 6.92 Å². The summed E-state index contributed by atoms with van der Waals surface area (Å²) in [5, 5.41) is 0. The van der Waals surface area contributed by atoms with E-state index in [9.17, 15) is 0 Å². The van der Waals surface area contributed by atoms with Crippen molar-refractivity contribution in [1.29, 1.82) is 0 Å². The fourth-order valence-corrected chi connectivity index (χ4v) is 0.354. The summed E-state index contributed by atoms with van der Waals surface area (Å²) in [5.41, 5.74) is 0. The summed E-state index contributed by atoms with van der Waals surface area (Å²) in [7, 11) is 0. The quantitative estimate of drug-likeness (QED) is 0.407. The number of hydrogen-bond acceptors (Lipinski definition) is 0. The van der Waals surface area contributed by atoms with Gasteiger partial charge in [-0.3, -0.25) is 0 Å². The van der Waals surface area contributed by atoms with Crippen LogP contribution in [0.15, 0.2) is 0 Å². The molecule has 0 aromatic heterocycles. The number of unbranched alkanes of at least 4 members (excludes halogenated alkanes) is 2. The Kier molecular flexibility index (Phi) is 83.3. The third-order valence-corrected chi connectivity index (χ3v) is 0.707. The summed E-state index contributed by atoms with van der Waals surface area (Å²) in [6, 6.07) is 0. The van der Waals surface area contributed by atoms with Crippen molar-refractivity contribution in [2.75, 3.05) is 0 Å². The predicted octanol–water partition coefficient (Wildman–Crippen LogP) is 0.677. The van der Waals surface area contributed by atoms with E-state index in [1.807, 2.05) is 0 Å². The van der Waals surface area contributed by atoms with Gasteiger partial charge in [0, 0.05) is 0 Å². The van der Waals surface area contributed by atoms with Gasteiger partial charge in [0.15, 0.2) is 0 Å². The minimum Gasteiger partial charge on any atom is -0.346 e. The monoisotopic (exact) mass is 156 g/mol. The van der Waals surface area contributed by atoms with Gasteiger partial charge in [-0.1, -0.05) is 40.5 Å². The van der Waals surface area contributed by atoms with Crippen LogP contribution in [0.5, 0.6) is 0 Å². The summed E-state index contributed by atoms with van der Waals surface area (Å²) < 4.78 is 0.